The van der Waals surface area contributed by atoms with Crippen molar-refractivity contribution in [2.24, 2.45) is 4.40 Å². The van der Waals surface area contributed by atoms with Gasteiger partial charge in [0, 0.05) is 6.21 Å². The average Bonchev–Trinajstić information content (AvgIpc) is 2.47. The lowest BCUT2D eigenvalue weighted by Crippen LogP contribution is -1.98. The van der Waals surface area contributed by atoms with Crippen molar-refractivity contribution in [3.8, 4) is 6.07 Å². The van der Waals surface area contributed by atoms with E-state index < -0.39 is 10.0 Å². The molecule has 0 saturated heterocycles. The quantitative estimate of drug-likeness (QED) is 0.810. The molecular weight excluding hydrogens is 272 g/mol. The Labute approximate surface area is 118 Å². The lowest BCUT2D eigenvalue weighted by molar-refractivity contribution is 0.598. The van der Waals surface area contributed by atoms with Gasteiger partial charge in [-0.2, -0.15) is 18.1 Å². The summed E-state index contributed by atoms with van der Waals surface area (Å²) in [5.74, 6) is 0. The fraction of sp³-hybridized carbons (Fsp3) is 0.0667. The van der Waals surface area contributed by atoms with E-state index in [2.05, 4.69) is 4.40 Å². The van der Waals surface area contributed by atoms with Crippen molar-refractivity contribution >= 4 is 16.2 Å². The molecule has 2 rings (SSSR count). The van der Waals surface area contributed by atoms with E-state index in [1.54, 1.807) is 24.3 Å². The van der Waals surface area contributed by atoms with E-state index in [1.807, 2.05) is 24.3 Å². The summed E-state index contributed by atoms with van der Waals surface area (Å²) in [5.41, 5.74) is 1.50. The van der Waals surface area contributed by atoms with Gasteiger partial charge in [0.15, 0.2) is 0 Å². The zero-order chi connectivity index (χ0) is 14.4. The number of sulfonamides is 1. The zero-order valence-electron chi connectivity index (χ0n) is 10.6. The van der Waals surface area contributed by atoms with Crippen molar-refractivity contribution in [3.05, 3.63) is 65.7 Å². The first-order valence-corrected chi connectivity index (χ1v) is 7.37. The Balaban J connectivity index is 2.22. The molecule has 5 heteroatoms. The van der Waals surface area contributed by atoms with Crippen LogP contribution >= 0.6 is 0 Å². The van der Waals surface area contributed by atoms with E-state index in [9.17, 15) is 8.42 Å². The minimum Gasteiger partial charge on any atom is -0.199 e. The topological polar surface area (TPSA) is 70.3 Å². The molecule has 0 radical (unpaired) electrons. The molecular formula is C15H12N2O2S. The molecule has 0 N–H and O–H groups in total. The molecule has 0 aromatic heterocycles. The van der Waals surface area contributed by atoms with Gasteiger partial charge in [0.05, 0.1) is 17.4 Å². The number of nitrogens with zero attached hydrogens (tertiary/aromatic N) is 2. The molecule has 0 aliphatic rings. The number of hydrogen-bond acceptors (Lipinski definition) is 3. The molecule has 0 spiro atoms. The molecule has 2 aromatic rings. The van der Waals surface area contributed by atoms with Crippen LogP contribution in [-0.4, -0.2) is 14.6 Å². The Morgan fingerprint density at radius 3 is 2.30 bits per heavy atom. The van der Waals surface area contributed by atoms with E-state index in [0.717, 1.165) is 11.1 Å². The van der Waals surface area contributed by atoms with Gasteiger partial charge in [0.2, 0.25) is 0 Å². The molecule has 0 bridgehead atoms. The van der Waals surface area contributed by atoms with Gasteiger partial charge in [0.25, 0.3) is 10.0 Å². The Morgan fingerprint density at radius 1 is 1.05 bits per heavy atom. The molecule has 2 aromatic carbocycles. The highest BCUT2D eigenvalue weighted by atomic mass is 32.2. The highest BCUT2D eigenvalue weighted by Gasteiger charge is 2.11. The van der Waals surface area contributed by atoms with Gasteiger partial charge in [-0.05, 0) is 23.3 Å². The first-order chi connectivity index (χ1) is 9.62. The van der Waals surface area contributed by atoms with Gasteiger partial charge >= 0.3 is 0 Å². The van der Waals surface area contributed by atoms with Crippen molar-refractivity contribution < 1.29 is 8.42 Å². The van der Waals surface area contributed by atoms with E-state index in [4.69, 9.17) is 5.26 Å². The van der Waals surface area contributed by atoms with Crippen molar-refractivity contribution in [1.82, 2.24) is 0 Å². The standard InChI is InChI=1S/C15H12N2O2S/c16-11-10-13-6-8-15(9-7-13)20(18,19)17-12-14-4-2-1-3-5-14/h1-9,12H,10H2. The van der Waals surface area contributed by atoms with E-state index >= 15 is 0 Å². The monoisotopic (exact) mass is 284 g/mol. The summed E-state index contributed by atoms with van der Waals surface area (Å²) in [7, 11) is -3.70. The predicted molar refractivity (Wildman–Crippen MR) is 77.0 cm³/mol. The summed E-state index contributed by atoms with van der Waals surface area (Å²) < 4.78 is 27.7. The van der Waals surface area contributed by atoms with Crippen LogP contribution < -0.4 is 0 Å². The summed E-state index contributed by atoms with van der Waals surface area (Å²) in [6, 6.07) is 17.2. The van der Waals surface area contributed by atoms with Gasteiger partial charge in [-0.1, -0.05) is 42.5 Å². The first-order valence-electron chi connectivity index (χ1n) is 5.93. The molecule has 0 aliphatic heterocycles. The molecule has 20 heavy (non-hydrogen) atoms. The van der Waals surface area contributed by atoms with E-state index in [0.29, 0.717) is 0 Å². The van der Waals surface area contributed by atoms with Gasteiger partial charge in [-0.15, -0.1) is 0 Å². The van der Waals surface area contributed by atoms with Crippen LogP contribution in [0.5, 0.6) is 0 Å². The molecule has 0 unspecified atom stereocenters. The molecule has 0 saturated carbocycles. The second kappa shape index (κ2) is 6.13. The third-order valence-electron chi connectivity index (χ3n) is 2.64. The largest absolute Gasteiger partial charge is 0.282 e. The third-order valence-corrected chi connectivity index (χ3v) is 3.90. The number of benzene rings is 2. The smallest absolute Gasteiger partial charge is 0.199 e. The number of rotatable bonds is 4. The molecule has 4 nitrogen and oxygen atoms in total. The normalized spacial score (nSPS) is 11.3. The molecule has 0 amide bonds. The molecule has 0 heterocycles. The highest BCUT2D eigenvalue weighted by molar-refractivity contribution is 7.90. The number of hydrogen-bond donors (Lipinski definition) is 0. The van der Waals surface area contributed by atoms with Crippen LogP contribution in [-0.2, 0) is 16.4 Å². The molecule has 0 aliphatic carbocycles. The molecule has 0 fully saturated rings. The van der Waals surface area contributed by atoms with Gasteiger partial charge in [-0.3, -0.25) is 0 Å². The minimum atomic E-state index is -3.70. The van der Waals surface area contributed by atoms with Crippen molar-refractivity contribution in [1.29, 1.82) is 5.26 Å². The van der Waals surface area contributed by atoms with Crippen LogP contribution in [0.1, 0.15) is 11.1 Å². The van der Waals surface area contributed by atoms with Crippen LogP contribution in [0.2, 0.25) is 0 Å². The van der Waals surface area contributed by atoms with Crippen LogP contribution in [0.15, 0.2) is 63.9 Å². The Bertz CT molecular complexity index is 743. The van der Waals surface area contributed by atoms with Crippen molar-refractivity contribution in [2.45, 2.75) is 11.3 Å². The van der Waals surface area contributed by atoms with Crippen LogP contribution in [0.4, 0.5) is 0 Å². The Hall–Kier alpha value is -2.45. The summed E-state index contributed by atoms with van der Waals surface area (Å²) in [6.07, 6.45) is 1.58. The SMILES string of the molecule is N#CCc1ccc(S(=O)(=O)N=Cc2ccccc2)cc1. The number of nitriles is 1. The maximum absolute atomic E-state index is 12.0. The van der Waals surface area contributed by atoms with Crippen molar-refractivity contribution in [3.63, 3.8) is 0 Å². The van der Waals surface area contributed by atoms with Crippen LogP contribution in [0.3, 0.4) is 0 Å². The van der Waals surface area contributed by atoms with Gasteiger partial charge < -0.3 is 0 Å². The highest BCUT2D eigenvalue weighted by Crippen LogP contribution is 2.13. The summed E-state index contributed by atoms with van der Waals surface area (Å²) in [6.45, 7) is 0. The van der Waals surface area contributed by atoms with Crippen molar-refractivity contribution in [2.75, 3.05) is 0 Å². The fourth-order valence-electron chi connectivity index (χ4n) is 1.60. The first kappa shape index (κ1) is 14.0. The Kier molecular flexibility index (Phi) is 4.28. The minimum absolute atomic E-state index is 0.117. The zero-order valence-corrected chi connectivity index (χ0v) is 11.4. The maximum Gasteiger partial charge on any atom is 0.282 e. The summed E-state index contributed by atoms with van der Waals surface area (Å²) >= 11 is 0. The van der Waals surface area contributed by atoms with E-state index in [1.165, 1.54) is 18.3 Å². The van der Waals surface area contributed by atoms with Gasteiger partial charge in [-0.25, -0.2) is 0 Å². The van der Waals surface area contributed by atoms with Crippen LogP contribution in [0, 0.1) is 11.3 Å². The fourth-order valence-corrected chi connectivity index (χ4v) is 2.46. The van der Waals surface area contributed by atoms with Crippen LogP contribution in [0.25, 0.3) is 0 Å². The van der Waals surface area contributed by atoms with Gasteiger partial charge in [0.1, 0.15) is 0 Å². The lowest BCUT2D eigenvalue weighted by Gasteiger charge is -2.00. The molecule has 0 atom stereocenters. The summed E-state index contributed by atoms with van der Waals surface area (Å²) in [5, 5.41) is 8.57. The predicted octanol–water partition coefficient (Wildman–Crippen LogP) is 2.56. The summed E-state index contributed by atoms with van der Waals surface area (Å²) in [4.78, 5) is 0.117. The third kappa shape index (κ3) is 3.53. The average molecular weight is 284 g/mol. The Morgan fingerprint density at radius 2 is 1.70 bits per heavy atom. The second-order valence-corrected chi connectivity index (χ2v) is 5.73. The van der Waals surface area contributed by atoms with E-state index in [-0.39, 0.29) is 11.3 Å². The lowest BCUT2D eigenvalue weighted by atomic mass is 10.2. The molecule has 100 valence electrons. The second-order valence-electron chi connectivity index (χ2n) is 4.10. The maximum atomic E-state index is 12.0.